The summed E-state index contributed by atoms with van der Waals surface area (Å²) in [5, 5.41) is 9.44. The highest BCUT2D eigenvalue weighted by Gasteiger charge is 2.09. The summed E-state index contributed by atoms with van der Waals surface area (Å²) in [7, 11) is 0. The minimum absolute atomic E-state index is 0.301. The van der Waals surface area contributed by atoms with E-state index in [-0.39, 0.29) is 0 Å². The Bertz CT molecular complexity index is 387. The Kier molecular flexibility index (Phi) is 32.0. The normalized spacial score (nSPS) is 11.8. The van der Waals surface area contributed by atoms with E-state index >= 15 is 0 Å². The molecule has 0 rings (SSSR count). The van der Waals surface area contributed by atoms with Gasteiger partial charge in [-0.05, 0) is 44.8 Å². The molecule has 0 amide bonds. The standard InChI is InChI=1S/C34H72N2O/c1-3-5-7-9-14-20-26-34(27-21-15-10-8-6-4-2)28-22-16-13-19-25-31-36(32-33-37)30-24-18-12-11-17-23-29-35/h34,37H,3-33,35H2,1-2H3. The quantitative estimate of drug-likeness (QED) is 0.0860. The second-order valence-electron chi connectivity index (χ2n) is 12.0. The molecule has 0 aromatic heterocycles. The molecule has 3 N–H and O–H groups in total. The van der Waals surface area contributed by atoms with Crippen molar-refractivity contribution in [1.29, 1.82) is 0 Å². The van der Waals surface area contributed by atoms with Crippen LogP contribution in [0.2, 0.25) is 0 Å². The molecule has 0 bridgehead atoms. The Morgan fingerprint density at radius 1 is 0.459 bits per heavy atom. The molecule has 0 atom stereocenters. The van der Waals surface area contributed by atoms with E-state index in [9.17, 15) is 5.11 Å². The molecule has 0 aromatic carbocycles. The number of aliphatic hydroxyl groups excluding tert-OH is 1. The summed E-state index contributed by atoms with van der Waals surface area (Å²) < 4.78 is 0. The molecule has 0 radical (unpaired) electrons. The van der Waals surface area contributed by atoms with E-state index in [0.717, 1.165) is 25.6 Å². The van der Waals surface area contributed by atoms with Gasteiger partial charge in [-0.25, -0.2) is 0 Å². The maximum atomic E-state index is 9.44. The smallest absolute Gasteiger partial charge is 0.0558 e. The van der Waals surface area contributed by atoms with Gasteiger partial charge in [-0.2, -0.15) is 0 Å². The van der Waals surface area contributed by atoms with Crippen molar-refractivity contribution in [2.75, 3.05) is 32.8 Å². The molecule has 0 heterocycles. The van der Waals surface area contributed by atoms with E-state index < -0.39 is 0 Å². The van der Waals surface area contributed by atoms with Gasteiger partial charge in [0.15, 0.2) is 0 Å². The second-order valence-corrected chi connectivity index (χ2v) is 12.0. The van der Waals surface area contributed by atoms with Crippen LogP contribution in [0.1, 0.15) is 181 Å². The van der Waals surface area contributed by atoms with Crippen LogP contribution in [0, 0.1) is 5.92 Å². The van der Waals surface area contributed by atoms with Gasteiger partial charge in [0.05, 0.1) is 6.61 Å². The van der Waals surface area contributed by atoms with Crippen molar-refractivity contribution < 1.29 is 5.11 Å². The molecule has 0 unspecified atom stereocenters. The second kappa shape index (κ2) is 32.1. The van der Waals surface area contributed by atoms with Gasteiger partial charge in [-0.15, -0.1) is 0 Å². The highest BCUT2D eigenvalue weighted by molar-refractivity contribution is 4.63. The van der Waals surface area contributed by atoms with Crippen LogP contribution >= 0.6 is 0 Å². The number of hydrogen-bond donors (Lipinski definition) is 2. The number of nitrogens with zero attached hydrogens (tertiary/aromatic N) is 1. The van der Waals surface area contributed by atoms with E-state index in [1.54, 1.807) is 0 Å². The molecule has 37 heavy (non-hydrogen) atoms. The predicted molar refractivity (Wildman–Crippen MR) is 167 cm³/mol. The van der Waals surface area contributed by atoms with E-state index in [1.165, 1.54) is 173 Å². The van der Waals surface area contributed by atoms with Crippen molar-refractivity contribution in [1.82, 2.24) is 4.90 Å². The van der Waals surface area contributed by atoms with Gasteiger partial charge in [-0.1, -0.05) is 162 Å². The summed E-state index contributed by atoms with van der Waals surface area (Å²) in [4.78, 5) is 2.50. The zero-order chi connectivity index (χ0) is 27.1. The van der Waals surface area contributed by atoms with E-state index in [2.05, 4.69) is 18.7 Å². The third-order valence-electron chi connectivity index (χ3n) is 8.36. The molecule has 224 valence electrons. The van der Waals surface area contributed by atoms with Gasteiger partial charge in [0.2, 0.25) is 0 Å². The van der Waals surface area contributed by atoms with Crippen molar-refractivity contribution in [2.24, 2.45) is 11.7 Å². The van der Waals surface area contributed by atoms with Crippen LogP contribution in [0.3, 0.4) is 0 Å². The van der Waals surface area contributed by atoms with Gasteiger partial charge < -0.3 is 15.7 Å². The molecular weight excluding hydrogens is 452 g/mol. The lowest BCUT2D eigenvalue weighted by molar-refractivity contribution is 0.190. The monoisotopic (exact) mass is 525 g/mol. The molecule has 0 fully saturated rings. The van der Waals surface area contributed by atoms with Gasteiger partial charge >= 0.3 is 0 Å². The largest absolute Gasteiger partial charge is 0.395 e. The van der Waals surface area contributed by atoms with Crippen molar-refractivity contribution in [3.8, 4) is 0 Å². The molecule has 0 aliphatic carbocycles. The summed E-state index contributed by atoms with van der Waals surface area (Å²) in [5.41, 5.74) is 5.58. The summed E-state index contributed by atoms with van der Waals surface area (Å²) >= 11 is 0. The van der Waals surface area contributed by atoms with Crippen molar-refractivity contribution in [3.05, 3.63) is 0 Å². The van der Waals surface area contributed by atoms with E-state index in [0.29, 0.717) is 6.61 Å². The molecule has 0 spiro atoms. The van der Waals surface area contributed by atoms with Crippen LogP contribution in [0.25, 0.3) is 0 Å². The molecule has 0 saturated carbocycles. The molecule has 0 saturated heterocycles. The third-order valence-corrected chi connectivity index (χ3v) is 8.36. The average Bonchev–Trinajstić information content (AvgIpc) is 2.90. The number of hydrogen-bond acceptors (Lipinski definition) is 3. The topological polar surface area (TPSA) is 49.5 Å². The highest BCUT2D eigenvalue weighted by Crippen LogP contribution is 2.24. The Morgan fingerprint density at radius 2 is 0.811 bits per heavy atom. The first kappa shape index (κ1) is 36.9. The zero-order valence-electron chi connectivity index (χ0n) is 26.0. The Hall–Kier alpha value is -0.120. The summed E-state index contributed by atoms with van der Waals surface area (Å²) in [6, 6.07) is 0. The number of nitrogens with two attached hydrogens (primary N) is 1. The van der Waals surface area contributed by atoms with Crippen LogP contribution < -0.4 is 5.73 Å². The molecule has 0 aromatic rings. The minimum Gasteiger partial charge on any atom is -0.395 e. The number of unbranched alkanes of at least 4 members (excludes halogenated alkanes) is 19. The maximum absolute atomic E-state index is 9.44. The molecule has 0 aliphatic heterocycles. The SMILES string of the molecule is CCCCCCCCC(CCCCCCCC)CCCCCCCN(CCO)CCCCCCCCN. The lowest BCUT2D eigenvalue weighted by atomic mass is 9.89. The van der Waals surface area contributed by atoms with Gasteiger partial charge in [-0.3, -0.25) is 0 Å². The zero-order valence-corrected chi connectivity index (χ0v) is 26.0. The highest BCUT2D eigenvalue weighted by atomic mass is 16.3. The van der Waals surface area contributed by atoms with E-state index in [4.69, 9.17) is 5.73 Å². The fourth-order valence-electron chi connectivity index (χ4n) is 5.82. The molecule has 0 aliphatic rings. The van der Waals surface area contributed by atoms with Crippen molar-refractivity contribution in [2.45, 2.75) is 181 Å². The first-order valence-corrected chi connectivity index (χ1v) is 17.3. The van der Waals surface area contributed by atoms with Crippen LogP contribution in [0.15, 0.2) is 0 Å². The number of rotatable bonds is 32. The van der Waals surface area contributed by atoms with Crippen LogP contribution in [0.5, 0.6) is 0 Å². The summed E-state index contributed by atoms with van der Waals surface area (Å²) in [6.45, 7) is 8.96. The van der Waals surface area contributed by atoms with E-state index in [1.807, 2.05) is 0 Å². The first-order chi connectivity index (χ1) is 18.3. The summed E-state index contributed by atoms with van der Waals surface area (Å²) in [6.07, 6.45) is 36.4. The first-order valence-electron chi connectivity index (χ1n) is 17.3. The van der Waals surface area contributed by atoms with Gasteiger partial charge in [0.25, 0.3) is 0 Å². The van der Waals surface area contributed by atoms with Crippen LogP contribution in [-0.4, -0.2) is 42.8 Å². The molecule has 3 heteroatoms. The lowest BCUT2D eigenvalue weighted by Gasteiger charge is -2.21. The van der Waals surface area contributed by atoms with Crippen LogP contribution in [-0.2, 0) is 0 Å². The fraction of sp³-hybridized carbons (Fsp3) is 1.00. The Labute approximate surface area is 235 Å². The van der Waals surface area contributed by atoms with Crippen molar-refractivity contribution in [3.63, 3.8) is 0 Å². The lowest BCUT2D eigenvalue weighted by Crippen LogP contribution is -2.29. The average molecular weight is 525 g/mol. The fourth-order valence-corrected chi connectivity index (χ4v) is 5.82. The van der Waals surface area contributed by atoms with Crippen molar-refractivity contribution >= 4 is 0 Å². The minimum atomic E-state index is 0.301. The molecular formula is C34H72N2O. The third kappa shape index (κ3) is 28.7. The Morgan fingerprint density at radius 3 is 1.19 bits per heavy atom. The van der Waals surface area contributed by atoms with Gasteiger partial charge in [0.1, 0.15) is 0 Å². The summed E-state index contributed by atoms with van der Waals surface area (Å²) in [5.74, 6) is 0.993. The van der Waals surface area contributed by atoms with Gasteiger partial charge in [0, 0.05) is 6.54 Å². The number of aliphatic hydroxyl groups is 1. The van der Waals surface area contributed by atoms with Crippen LogP contribution in [0.4, 0.5) is 0 Å². The predicted octanol–water partition coefficient (Wildman–Crippen LogP) is 10.0. The maximum Gasteiger partial charge on any atom is 0.0558 e. The Balaban J connectivity index is 3.95. The molecule has 3 nitrogen and oxygen atoms in total.